The number of nitrogens with zero attached hydrogens (tertiary/aromatic N) is 3. The van der Waals surface area contributed by atoms with E-state index in [-0.39, 0.29) is 18.3 Å². The van der Waals surface area contributed by atoms with Crippen molar-refractivity contribution >= 4 is 47.0 Å². The lowest BCUT2D eigenvalue weighted by Gasteiger charge is -2.26. The largest absolute Gasteiger partial charge is 0.342 e. The van der Waals surface area contributed by atoms with Gasteiger partial charge in [0.25, 0.3) is 5.91 Å². The Hall–Kier alpha value is -1.75. The zero-order valence-corrected chi connectivity index (χ0v) is 15.6. The van der Waals surface area contributed by atoms with Crippen molar-refractivity contribution in [3.05, 3.63) is 53.1 Å². The molecule has 0 fully saturated rings. The number of amides is 1. The minimum atomic E-state index is 0. The first kappa shape index (κ1) is 18.6. The van der Waals surface area contributed by atoms with Gasteiger partial charge in [-0.2, -0.15) is 0 Å². The lowest BCUT2D eigenvalue weighted by Crippen LogP contribution is -2.36. The van der Waals surface area contributed by atoms with Gasteiger partial charge in [-0.1, -0.05) is 23.7 Å². The molecule has 1 aliphatic rings. The molecular weight excluding hydrogens is 345 g/mol. The van der Waals surface area contributed by atoms with Crippen molar-refractivity contribution in [1.82, 2.24) is 4.90 Å². The van der Waals surface area contributed by atoms with Crippen LogP contribution in [0, 0.1) is 0 Å². The molecule has 24 heavy (non-hydrogen) atoms. The van der Waals surface area contributed by atoms with Crippen LogP contribution in [0.5, 0.6) is 0 Å². The van der Waals surface area contributed by atoms with E-state index in [1.165, 1.54) is 0 Å². The maximum Gasteiger partial charge on any atom is 0.260 e. The van der Waals surface area contributed by atoms with E-state index in [0.717, 1.165) is 23.6 Å². The molecule has 0 aliphatic carbocycles. The highest BCUT2D eigenvalue weighted by Crippen LogP contribution is 2.40. The molecule has 3 rings (SSSR count). The lowest BCUT2D eigenvalue weighted by molar-refractivity contribution is 0.0986. The third-order valence-electron chi connectivity index (χ3n) is 4.10. The van der Waals surface area contributed by atoms with Crippen molar-refractivity contribution in [2.24, 2.45) is 0 Å². The third kappa shape index (κ3) is 3.36. The van der Waals surface area contributed by atoms with Crippen molar-refractivity contribution in [3.63, 3.8) is 0 Å². The third-order valence-corrected chi connectivity index (χ3v) is 4.34. The molecule has 0 radical (unpaired) electrons. The van der Waals surface area contributed by atoms with Gasteiger partial charge >= 0.3 is 0 Å². The molecule has 1 heterocycles. The molecule has 2 aromatic rings. The summed E-state index contributed by atoms with van der Waals surface area (Å²) in [6, 6.07) is 13.4. The number of benzene rings is 2. The normalized spacial score (nSPS) is 13.3. The van der Waals surface area contributed by atoms with E-state index in [4.69, 9.17) is 11.6 Å². The fourth-order valence-corrected chi connectivity index (χ4v) is 3.01. The molecule has 0 N–H and O–H groups in total. The summed E-state index contributed by atoms with van der Waals surface area (Å²) in [7, 11) is 5.98. The summed E-state index contributed by atoms with van der Waals surface area (Å²) in [5.41, 5.74) is 3.43. The number of carbonyl (C=O) groups is 1. The molecule has 1 aliphatic heterocycles. The maximum absolute atomic E-state index is 13.1. The average molecular weight is 366 g/mol. The van der Waals surface area contributed by atoms with Gasteiger partial charge in [0.1, 0.15) is 0 Å². The molecule has 0 unspecified atom stereocenters. The number of hydrogen-bond donors (Lipinski definition) is 0. The van der Waals surface area contributed by atoms with Crippen LogP contribution < -0.4 is 9.80 Å². The van der Waals surface area contributed by atoms with E-state index in [9.17, 15) is 4.79 Å². The molecular formula is C18H21Cl2N3O. The van der Waals surface area contributed by atoms with Crippen molar-refractivity contribution in [2.45, 2.75) is 0 Å². The Morgan fingerprint density at radius 2 is 1.75 bits per heavy atom. The van der Waals surface area contributed by atoms with Crippen LogP contribution in [0.15, 0.2) is 42.5 Å². The molecule has 6 heteroatoms. The highest BCUT2D eigenvalue weighted by molar-refractivity contribution is 6.31. The number of hydrogen-bond acceptors (Lipinski definition) is 3. The molecule has 0 saturated heterocycles. The zero-order chi connectivity index (χ0) is 16.6. The van der Waals surface area contributed by atoms with E-state index >= 15 is 0 Å². The van der Waals surface area contributed by atoms with E-state index < -0.39 is 0 Å². The molecule has 2 aromatic carbocycles. The van der Waals surface area contributed by atoms with Crippen LogP contribution in [0.2, 0.25) is 5.02 Å². The topological polar surface area (TPSA) is 26.8 Å². The number of anilines is 3. The van der Waals surface area contributed by atoms with Gasteiger partial charge in [0.05, 0.1) is 22.6 Å². The van der Waals surface area contributed by atoms with Crippen LogP contribution in [0.3, 0.4) is 0 Å². The van der Waals surface area contributed by atoms with Gasteiger partial charge in [0, 0.05) is 25.2 Å². The van der Waals surface area contributed by atoms with Gasteiger partial charge in [0.2, 0.25) is 0 Å². The van der Waals surface area contributed by atoms with E-state index in [1.54, 1.807) is 0 Å². The first-order valence-electron chi connectivity index (χ1n) is 7.58. The van der Waals surface area contributed by atoms with Crippen molar-refractivity contribution in [2.75, 3.05) is 44.0 Å². The summed E-state index contributed by atoms with van der Waals surface area (Å²) in [6.07, 6.45) is 0. The summed E-state index contributed by atoms with van der Waals surface area (Å²) in [4.78, 5) is 19.0. The van der Waals surface area contributed by atoms with E-state index in [1.807, 2.05) is 73.4 Å². The van der Waals surface area contributed by atoms with Crippen LogP contribution >= 0.6 is 24.0 Å². The Kier molecular flexibility index (Phi) is 5.75. The predicted molar refractivity (Wildman–Crippen MR) is 103 cm³/mol. The zero-order valence-electron chi connectivity index (χ0n) is 14.0. The summed E-state index contributed by atoms with van der Waals surface area (Å²) < 4.78 is 0. The summed E-state index contributed by atoms with van der Waals surface area (Å²) in [5.74, 6) is 0.0235. The van der Waals surface area contributed by atoms with Crippen LogP contribution in [-0.2, 0) is 0 Å². The Labute approximate surface area is 154 Å². The smallest absolute Gasteiger partial charge is 0.260 e. The van der Waals surface area contributed by atoms with Crippen LogP contribution in [0.1, 0.15) is 10.4 Å². The van der Waals surface area contributed by atoms with E-state index in [0.29, 0.717) is 17.1 Å². The molecule has 0 atom stereocenters. The second-order valence-electron chi connectivity index (χ2n) is 5.97. The second-order valence-corrected chi connectivity index (χ2v) is 6.41. The lowest BCUT2D eigenvalue weighted by atomic mass is 10.1. The van der Waals surface area contributed by atoms with Crippen LogP contribution in [0.25, 0.3) is 0 Å². The number of para-hydroxylation sites is 1. The van der Waals surface area contributed by atoms with Crippen molar-refractivity contribution in [1.29, 1.82) is 0 Å². The van der Waals surface area contributed by atoms with E-state index in [2.05, 4.69) is 4.90 Å². The molecule has 0 spiro atoms. The standard InChI is InChI=1S/C18H20ClN3O.ClH/c1-20(2)10-11-22-16-9-8-13(19)12-17(16)21(3)15-7-5-4-6-14(15)18(22)23;/h4-9,12H,10-11H2,1-3H3;1H. The van der Waals surface area contributed by atoms with Gasteiger partial charge in [0.15, 0.2) is 0 Å². The first-order valence-corrected chi connectivity index (χ1v) is 7.95. The van der Waals surface area contributed by atoms with Gasteiger partial charge in [-0.05, 0) is 44.4 Å². The quantitative estimate of drug-likeness (QED) is 0.820. The van der Waals surface area contributed by atoms with Crippen LogP contribution in [0.4, 0.5) is 17.1 Å². The highest BCUT2D eigenvalue weighted by Gasteiger charge is 2.29. The molecule has 1 amide bonds. The monoisotopic (exact) mass is 365 g/mol. The summed E-state index contributed by atoms with van der Waals surface area (Å²) >= 11 is 6.20. The molecule has 128 valence electrons. The number of likely N-dealkylation sites (N-methyl/N-ethyl adjacent to an activating group) is 1. The van der Waals surface area contributed by atoms with Gasteiger partial charge in [-0.3, -0.25) is 4.79 Å². The Morgan fingerprint density at radius 3 is 2.46 bits per heavy atom. The molecule has 0 bridgehead atoms. The van der Waals surface area contributed by atoms with Crippen molar-refractivity contribution in [3.8, 4) is 0 Å². The van der Waals surface area contributed by atoms with Gasteiger partial charge in [-0.25, -0.2) is 0 Å². The number of carbonyl (C=O) groups excluding carboxylic acids is 1. The van der Waals surface area contributed by atoms with Gasteiger partial charge in [-0.15, -0.1) is 12.4 Å². The SMILES string of the molecule is CN(C)CCN1C(=O)c2ccccc2N(C)c2cc(Cl)ccc21.Cl. The van der Waals surface area contributed by atoms with Gasteiger partial charge < -0.3 is 14.7 Å². The number of halogens is 2. The maximum atomic E-state index is 13.1. The Balaban J connectivity index is 0.00000208. The number of fused-ring (bicyclic) bond motifs is 2. The average Bonchev–Trinajstić information content (AvgIpc) is 2.62. The minimum Gasteiger partial charge on any atom is -0.342 e. The summed E-state index contributed by atoms with van der Waals surface area (Å²) in [5, 5.41) is 0.662. The molecule has 0 aromatic heterocycles. The van der Waals surface area contributed by atoms with Crippen LogP contribution in [-0.4, -0.2) is 45.0 Å². The fraction of sp³-hybridized carbons (Fsp3) is 0.278. The fourth-order valence-electron chi connectivity index (χ4n) is 2.85. The Morgan fingerprint density at radius 1 is 1.04 bits per heavy atom. The van der Waals surface area contributed by atoms with Crippen molar-refractivity contribution < 1.29 is 4.79 Å². The first-order chi connectivity index (χ1) is 11.0. The molecule has 4 nitrogen and oxygen atoms in total. The molecule has 0 saturated carbocycles. The predicted octanol–water partition coefficient (Wildman–Crippen LogP) is 4.05. The number of rotatable bonds is 3. The summed E-state index contributed by atoms with van der Waals surface area (Å²) in [6.45, 7) is 1.42. The highest BCUT2D eigenvalue weighted by atomic mass is 35.5. The minimum absolute atomic E-state index is 0. The Bertz CT molecular complexity index is 749. The second kappa shape index (κ2) is 7.43.